The molecule has 0 aliphatic heterocycles. The minimum atomic E-state index is -3.88. The second-order valence-electron chi connectivity index (χ2n) is 6.83. The van der Waals surface area contributed by atoms with E-state index < -0.39 is 15.9 Å². The summed E-state index contributed by atoms with van der Waals surface area (Å²) in [6.45, 7) is 1.09. The van der Waals surface area contributed by atoms with Crippen LogP contribution >= 0.6 is 23.2 Å². The number of ether oxygens (including phenoxy) is 1. The minimum Gasteiger partial charge on any atom is -0.484 e. The van der Waals surface area contributed by atoms with Crippen molar-refractivity contribution in [2.75, 3.05) is 22.0 Å². The molecule has 172 valence electrons. The first-order valence-corrected chi connectivity index (χ1v) is 11.7. The molecule has 0 aliphatic carbocycles. The Morgan fingerprint density at radius 2 is 1.45 bits per heavy atom. The summed E-state index contributed by atoms with van der Waals surface area (Å²) >= 11 is 11.8. The summed E-state index contributed by atoms with van der Waals surface area (Å²) in [7, 11) is -3.88. The molecule has 2 amide bonds. The van der Waals surface area contributed by atoms with Gasteiger partial charge in [-0.2, -0.15) is 0 Å². The van der Waals surface area contributed by atoms with E-state index in [0.717, 1.165) is 0 Å². The molecule has 0 fully saturated rings. The molecule has 0 heterocycles. The van der Waals surface area contributed by atoms with Crippen molar-refractivity contribution >= 4 is 62.1 Å². The number of hydrogen-bond acceptors (Lipinski definition) is 5. The van der Waals surface area contributed by atoms with Gasteiger partial charge in [0, 0.05) is 28.3 Å². The number of benzene rings is 3. The lowest BCUT2D eigenvalue weighted by Crippen LogP contribution is -2.20. The molecule has 0 radical (unpaired) electrons. The molecule has 0 atom stereocenters. The number of anilines is 3. The Morgan fingerprint density at radius 1 is 0.848 bits per heavy atom. The normalized spacial score (nSPS) is 10.9. The lowest BCUT2D eigenvalue weighted by molar-refractivity contribution is -0.118. The molecule has 33 heavy (non-hydrogen) atoms. The topological polar surface area (TPSA) is 114 Å². The molecule has 0 saturated heterocycles. The Bertz CT molecular complexity index is 1260. The van der Waals surface area contributed by atoms with Crippen LogP contribution in [-0.2, 0) is 19.6 Å². The summed E-state index contributed by atoms with van der Waals surface area (Å²) in [6.07, 6.45) is 0. The zero-order valence-corrected chi connectivity index (χ0v) is 19.6. The molecule has 3 N–H and O–H groups in total. The summed E-state index contributed by atoms with van der Waals surface area (Å²) in [4.78, 5) is 23.3. The van der Waals surface area contributed by atoms with Gasteiger partial charge in [0.1, 0.15) is 5.75 Å². The Labute approximate surface area is 200 Å². The van der Waals surface area contributed by atoms with Crippen molar-refractivity contribution in [3.63, 3.8) is 0 Å². The van der Waals surface area contributed by atoms with Gasteiger partial charge in [0.05, 0.1) is 10.6 Å². The van der Waals surface area contributed by atoms with E-state index in [1.165, 1.54) is 49.4 Å². The quantitative estimate of drug-likeness (QED) is 0.406. The van der Waals surface area contributed by atoms with Gasteiger partial charge < -0.3 is 15.4 Å². The van der Waals surface area contributed by atoms with E-state index in [4.69, 9.17) is 27.9 Å². The van der Waals surface area contributed by atoms with Gasteiger partial charge in [-0.1, -0.05) is 29.3 Å². The maximum absolute atomic E-state index is 12.6. The van der Waals surface area contributed by atoms with Crippen molar-refractivity contribution in [2.45, 2.75) is 11.8 Å². The van der Waals surface area contributed by atoms with Crippen molar-refractivity contribution in [2.24, 2.45) is 0 Å². The van der Waals surface area contributed by atoms with Gasteiger partial charge >= 0.3 is 0 Å². The maximum atomic E-state index is 12.6. The van der Waals surface area contributed by atoms with Crippen LogP contribution in [0.4, 0.5) is 17.1 Å². The van der Waals surface area contributed by atoms with Crippen LogP contribution in [0.1, 0.15) is 6.92 Å². The highest BCUT2D eigenvalue weighted by Gasteiger charge is 2.15. The fourth-order valence-electron chi connectivity index (χ4n) is 2.77. The standard InChI is InChI=1S/C22H19Cl2N3O5S/c1-14(28)25-17-3-2-4-18(12-17)26-22(29)13-32-20-5-7-21(8-6-20)33(30,31)27-19-10-15(23)9-16(24)11-19/h2-12,27H,13H2,1H3,(H,25,28)(H,26,29). The van der Waals surface area contributed by atoms with Crippen LogP contribution in [0.5, 0.6) is 5.75 Å². The van der Waals surface area contributed by atoms with Crippen molar-refractivity contribution in [1.29, 1.82) is 0 Å². The van der Waals surface area contributed by atoms with Crippen molar-refractivity contribution in [1.82, 2.24) is 0 Å². The van der Waals surface area contributed by atoms with Crippen LogP contribution in [0, 0.1) is 0 Å². The van der Waals surface area contributed by atoms with Gasteiger partial charge in [0.15, 0.2) is 6.61 Å². The average molecular weight is 508 g/mol. The molecule has 0 bridgehead atoms. The fraction of sp³-hybridized carbons (Fsp3) is 0.0909. The minimum absolute atomic E-state index is 0.00909. The summed E-state index contributed by atoms with van der Waals surface area (Å²) in [6, 6.07) is 16.6. The lowest BCUT2D eigenvalue weighted by atomic mass is 10.2. The summed E-state index contributed by atoms with van der Waals surface area (Å²) in [5.74, 6) is -0.341. The predicted octanol–water partition coefficient (Wildman–Crippen LogP) is 4.77. The van der Waals surface area contributed by atoms with Crippen molar-refractivity contribution in [3.8, 4) is 5.75 Å². The number of rotatable bonds is 8. The van der Waals surface area contributed by atoms with Crippen LogP contribution in [0.3, 0.4) is 0 Å². The van der Waals surface area contributed by atoms with Crippen LogP contribution in [-0.4, -0.2) is 26.8 Å². The first-order valence-electron chi connectivity index (χ1n) is 9.50. The van der Waals surface area contributed by atoms with E-state index in [2.05, 4.69) is 15.4 Å². The Balaban J connectivity index is 1.58. The summed E-state index contributed by atoms with van der Waals surface area (Å²) in [5.41, 5.74) is 1.27. The second-order valence-corrected chi connectivity index (χ2v) is 9.39. The van der Waals surface area contributed by atoms with E-state index in [9.17, 15) is 18.0 Å². The number of sulfonamides is 1. The summed E-state index contributed by atoms with van der Waals surface area (Å²) < 4.78 is 33.0. The number of hydrogen-bond donors (Lipinski definition) is 3. The maximum Gasteiger partial charge on any atom is 0.262 e. The number of carbonyl (C=O) groups excluding carboxylic acids is 2. The zero-order chi connectivity index (χ0) is 24.0. The molecule has 0 aromatic heterocycles. The van der Waals surface area contributed by atoms with Gasteiger partial charge in [-0.3, -0.25) is 14.3 Å². The van der Waals surface area contributed by atoms with Crippen LogP contribution < -0.4 is 20.1 Å². The Kier molecular flexibility index (Phi) is 7.80. The highest BCUT2D eigenvalue weighted by atomic mass is 35.5. The largest absolute Gasteiger partial charge is 0.484 e. The lowest BCUT2D eigenvalue weighted by Gasteiger charge is -2.11. The molecule has 8 nitrogen and oxygen atoms in total. The van der Waals surface area contributed by atoms with E-state index in [1.807, 2.05) is 0 Å². The monoisotopic (exact) mass is 507 g/mol. The second kappa shape index (κ2) is 10.6. The number of carbonyl (C=O) groups is 2. The molecular weight excluding hydrogens is 489 g/mol. The van der Waals surface area contributed by atoms with Crippen molar-refractivity contribution < 1.29 is 22.7 Å². The summed E-state index contributed by atoms with van der Waals surface area (Å²) in [5, 5.41) is 5.87. The number of nitrogens with one attached hydrogen (secondary N) is 3. The first-order chi connectivity index (χ1) is 15.6. The smallest absolute Gasteiger partial charge is 0.262 e. The number of halogens is 2. The van der Waals surface area contributed by atoms with Crippen LogP contribution in [0.25, 0.3) is 0 Å². The molecule has 11 heteroatoms. The zero-order valence-electron chi connectivity index (χ0n) is 17.3. The first kappa shape index (κ1) is 24.4. The molecular formula is C22H19Cl2N3O5S. The molecule has 3 aromatic carbocycles. The molecule has 3 rings (SSSR count). The Morgan fingerprint density at radius 3 is 2.06 bits per heavy atom. The highest BCUT2D eigenvalue weighted by Crippen LogP contribution is 2.25. The Hall–Kier alpha value is -3.27. The molecule has 3 aromatic rings. The van der Waals surface area contributed by atoms with Crippen molar-refractivity contribution in [3.05, 3.63) is 76.8 Å². The fourth-order valence-corrected chi connectivity index (χ4v) is 4.33. The average Bonchev–Trinajstić information content (AvgIpc) is 2.71. The van der Waals surface area contributed by atoms with Gasteiger partial charge in [0.2, 0.25) is 5.91 Å². The third kappa shape index (κ3) is 7.38. The third-order valence-electron chi connectivity index (χ3n) is 4.09. The highest BCUT2D eigenvalue weighted by molar-refractivity contribution is 7.92. The molecule has 0 aliphatic rings. The van der Waals surface area contributed by atoms with E-state index in [-0.39, 0.29) is 23.1 Å². The third-order valence-corrected chi connectivity index (χ3v) is 5.92. The van der Waals surface area contributed by atoms with E-state index in [1.54, 1.807) is 24.3 Å². The van der Waals surface area contributed by atoms with Gasteiger partial charge in [-0.05, 0) is 60.7 Å². The number of amides is 2. The van der Waals surface area contributed by atoms with Crippen LogP contribution in [0.15, 0.2) is 71.6 Å². The van der Waals surface area contributed by atoms with Gasteiger partial charge in [-0.15, -0.1) is 0 Å². The molecule has 0 saturated carbocycles. The van der Waals surface area contributed by atoms with E-state index >= 15 is 0 Å². The van der Waals surface area contributed by atoms with Gasteiger partial charge in [-0.25, -0.2) is 8.42 Å². The molecule has 0 unspecified atom stereocenters. The van der Waals surface area contributed by atoms with E-state index in [0.29, 0.717) is 27.2 Å². The SMILES string of the molecule is CC(=O)Nc1cccc(NC(=O)COc2ccc(S(=O)(=O)Nc3cc(Cl)cc(Cl)c3)cc2)c1. The van der Waals surface area contributed by atoms with Gasteiger partial charge in [0.25, 0.3) is 15.9 Å². The molecule has 0 spiro atoms. The van der Waals surface area contributed by atoms with Crippen LogP contribution in [0.2, 0.25) is 10.0 Å². The predicted molar refractivity (Wildman–Crippen MR) is 129 cm³/mol.